The van der Waals surface area contributed by atoms with Crippen LogP contribution in [0.3, 0.4) is 0 Å². The van der Waals surface area contributed by atoms with Gasteiger partial charge in [0.2, 0.25) is 0 Å². The maximum atomic E-state index is 12.0. The highest BCUT2D eigenvalue weighted by atomic mass is 16.5. The molecule has 0 heterocycles. The lowest BCUT2D eigenvalue weighted by atomic mass is 10.0. The van der Waals surface area contributed by atoms with Gasteiger partial charge in [-0.2, -0.15) is 5.26 Å². The third kappa shape index (κ3) is 3.55. The largest absolute Gasteiger partial charge is 0.385 e. The van der Waals surface area contributed by atoms with E-state index in [0.29, 0.717) is 17.7 Å². The second-order valence-corrected chi connectivity index (χ2v) is 5.12. The molecule has 19 heavy (non-hydrogen) atoms. The third-order valence-corrected chi connectivity index (χ3v) is 3.67. The summed E-state index contributed by atoms with van der Waals surface area (Å²) in [5.41, 5.74) is 1.29. The fourth-order valence-electron chi connectivity index (χ4n) is 2.11. The van der Waals surface area contributed by atoms with E-state index >= 15 is 0 Å². The number of carbonyl (C=O) groups excluding carboxylic acids is 1. The Labute approximate surface area is 113 Å². The van der Waals surface area contributed by atoms with Crippen molar-refractivity contribution in [3.63, 3.8) is 0 Å². The molecule has 0 atom stereocenters. The topological polar surface area (TPSA) is 62.1 Å². The van der Waals surface area contributed by atoms with Crippen molar-refractivity contribution in [2.45, 2.75) is 19.3 Å². The van der Waals surface area contributed by atoms with Gasteiger partial charge in [0.15, 0.2) is 0 Å². The molecule has 0 aliphatic heterocycles. The second-order valence-electron chi connectivity index (χ2n) is 5.12. The van der Waals surface area contributed by atoms with Crippen LogP contribution in [0.25, 0.3) is 0 Å². The summed E-state index contributed by atoms with van der Waals surface area (Å²) in [5, 5.41) is 11.8. The van der Waals surface area contributed by atoms with Crippen molar-refractivity contribution >= 4 is 5.91 Å². The number of rotatable bonds is 6. The Hall–Kier alpha value is -1.86. The molecule has 2 rings (SSSR count). The minimum atomic E-state index is -0.110. The minimum Gasteiger partial charge on any atom is -0.385 e. The fourth-order valence-corrected chi connectivity index (χ4v) is 2.11. The summed E-state index contributed by atoms with van der Waals surface area (Å²) in [7, 11) is 1.70. The van der Waals surface area contributed by atoms with E-state index in [1.807, 2.05) is 6.07 Å². The number of benzene rings is 1. The Morgan fingerprint density at radius 3 is 2.95 bits per heavy atom. The molecule has 0 radical (unpaired) electrons. The fraction of sp³-hybridized carbons (Fsp3) is 0.467. The van der Waals surface area contributed by atoms with Crippen LogP contribution in [0.5, 0.6) is 0 Å². The van der Waals surface area contributed by atoms with Gasteiger partial charge in [-0.3, -0.25) is 4.79 Å². The van der Waals surface area contributed by atoms with Gasteiger partial charge in [0.25, 0.3) is 5.91 Å². The van der Waals surface area contributed by atoms with Gasteiger partial charge in [0, 0.05) is 25.8 Å². The predicted octanol–water partition coefficient (Wildman–Crippen LogP) is 2.10. The lowest BCUT2D eigenvalue weighted by Crippen LogP contribution is -2.30. The summed E-state index contributed by atoms with van der Waals surface area (Å²) >= 11 is 0. The van der Waals surface area contributed by atoms with Crippen LogP contribution >= 0.6 is 0 Å². The van der Waals surface area contributed by atoms with E-state index in [1.165, 1.54) is 0 Å². The zero-order valence-electron chi connectivity index (χ0n) is 11.1. The smallest absolute Gasteiger partial charge is 0.251 e. The van der Waals surface area contributed by atoms with Crippen molar-refractivity contribution in [2.24, 2.45) is 5.41 Å². The molecule has 1 aliphatic rings. The number of ether oxygens (including phenoxy) is 1. The zero-order valence-corrected chi connectivity index (χ0v) is 11.1. The standard InChI is InChI=1S/C15H18N2O2/c1-19-8-7-15(5-6-15)11-17-14(18)13-4-2-3-12(9-13)10-16/h2-4,9H,5-8,11H2,1H3,(H,17,18). The summed E-state index contributed by atoms with van der Waals surface area (Å²) in [6, 6.07) is 8.80. The highest BCUT2D eigenvalue weighted by molar-refractivity contribution is 5.94. The average molecular weight is 258 g/mol. The number of nitrogens with zero attached hydrogens (tertiary/aromatic N) is 1. The molecule has 1 aromatic rings. The van der Waals surface area contributed by atoms with E-state index in [4.69, 9.17) is 10.00 Å². The third-order valence-electron chi connectivity index (χ3n) is 3.67. The molecule has 1 N–H and O–H groups in total. The van der Waals surface area contributed by atoms with Crippen molar-refractivity contribution in [1.29, 1.82) is 5.26 Å². The molecule has 1 saturated carbocycles. The van der Waals surface area contributed by atoms with Crippen LogP contribution < -0.4 is 5.32 Å². The number of nitrogens with one attached hydrogen (secondary N) is 1. The zero-order chi connectivity index (χ0) is 13.7. The molecular formula is C15H18N2O2. The number of hydrogen-bond donors (Lipinski definition) is 1. The van der Waals surface area contributed by atoms with Gasteiger partial charge in [0.1, 0.15) is 0 Å². The Kier molecular flexibility index (Phi) is 4.18. The molecule has 4 heteroatoms. The average Bonchev–Trinajstić information content (AvgIpc) is 3.23. The van der Waals surface area contributed by atoms with E-state index in [0.717, 1.165) is 25.9 Å². The van der Waals surface area contributed by atoms with Crippen LogP contribution in [0.2, 0.25) is 0 Å². The monoisotopic (exact) mass is 258 g/mol. The maximum absolute atomic E-state index is 12.0. The van der Waals surface area contributed by atoms with Gasteiger partial charge in [0.05, 0.1) is 11.6 Å². The molecule has 0 unspecified atom stereocenters. The van der Waals surface area contributed by atoms with Gasteiger partial charge < -0.3 is 10.1 Å². The van der Waals surface area contributed by atoms with Crippen molar-refractivity contribution in [2.75, 3.05) is 20.3 Å². The highest BCUT2D eigenvalue weighted by Gasteiger charge is 2.42. The van der Waals surface area contributed by atoms with E-state index in [1.54, 1.807) is 31.4 Å². The van der Waals surface area contributed by atoms with Crippen LogP contribution in [0.1, 0.15) is 35.2 Å². The van der Waals surface area contributed by atoms with Crippen molar-refractivity contribution in [3.05, 3.63) is 35.4 Å². The van der Waals surface area contributed by atoms with Gasteiger partial charge in [-0.05, 0) is 42.9 Å². The molecule has 1 aromatic carbocycles. The molecule has 4 nitrogen and oxygen atoms in total. The predicted molar refractivity (Wildman–Crippen MR) is 71.7 cm³/mol. The summed E-state index contributed by atoms with van der Waals surface area (Å²) in [4.78, 5) is 12.0. The molecule has 0 spiro atoms. The number of nitriles is 1. The molecule has 0 aromatic heterocycles. The first kappa shape index (κ1) is 13.6. The number of methoxy groups -OCH3 is 1. The Morgan fingerprint density at radius 2 is 2.32 bits per heavy atom. The van der Waals surface area contributed by atoms with E-state index in [-0.39, 0.29) is 11.3 Å². The first-order valence-electron chi connectivity index (χ1n) is 6.46. The summed E-state index contributed by atoms with van der Waals surface area (Å²) in [5.74, 6) is -0.110. The van der Waals surface area contributed by atoms with Crippen LogP contribution in [0.15, 0.2) is 24.3 Å². The van der Waals surface area contributed by atoms with Gasteiger partial charge >= 0.3 is 0 Å². The SMILES string of the molecule is COCCC1(CNC(=O)c2cccc(C#N)c2)CC1. The second kappa shape index (κ2) is 5.85. The maximum Gasteiger partial charge on any atom is 0.251 e. The van der Waals surface area contributed by atoms with E-state index in [2.05, 4.69) is 5.32 Å². The minimum absolute atomic E-state index is 0.110. The summed E-state index contributed by atoms with van der Waals surface area (Å²) in [6.45, 7) is 1.42. The quantitative estimate of drug-likeness (QED) is 0.850. The first-order chi connectivity index (χ1) is 9.19. The Morgan fingerprint density at radius 1 is 1.53 bits per heavy atom. The summed E-state index contributed by atoms with van der Waals surface area (Å²) in [6.07, 6.45) is 3.28. The lowest BCUT2D eigenvalue weighted by Gasteiger charge is -2.15. The van der Waals surface area contributed by atoms with Crippen LogP contribution in [-0.4, -0.2) is 26.2 Å². The molecule has 1 fully saturated rings. The number of carbonyl (C=O) groups is 1. The first-order valence-corrected chi connectivity index (χ1v) is 6.46. The van der Waals surface area contributed by atoms with Crippen molar-refractivity contribution in [1.82, 2.24) is 5.32 Å². The molecule has 0 saturated heterocycles. The lowest BCUT2D eigenvalue weighted by molar-refractivity contribution is 0.0938. The van der Waals surface area contributed by atoms with Crippen LogP contribution in [0.4, 0.5) is 0 Å². The van der Waals surface area contributed by atoms with E-state index in [9.17, 15) is 4.79 Å². The molecular weight excluding hydrogens is 240 g/mol. The van der Waals surface area contributed by atoms with Crippen molar-refractivity contribution < 1.29 is 9.53 Å². The van der Waals surface area contributed by atoms with Crippen molar-refractivity contribution in [3.8, 4) is 6.07 Å². The van der Waals surface area contributed by atoms with Gasteiger partial charge in [-0.25, -0.2) is 0 Å². The molecule has 0 bridgehead atoms. The molecule has 1 amide bonds. The summed E-state index contributed by atoms with van der Waals surface area (Å²) < 4.78 is 5.09. The van der Waals surface area contributed by atoms with Crippen LogP contribution in [-0.2, 0) is 4.74 Å². The molecule has 1 aliphatic carbocycles. The van der Waals surface area contributed by atoms with Gasteiger partial charge in [-0.15, -0.1) is 0 Å². The number of amides is 1. The van der Waals surface area contributed by atoms with Crippen LogP contribution in [0, 0.1) is 16.7 Å². The normalized spacial score (nSPS) is 15.6. The van der Waals surface area contributed by atoms with E-state index < -0.39 is 0 Å². The van der Waals surface area contributed by atoms with Gasteiger partial charge in [-0.1, -0.05) is 6.07 Å². The highest BCUT2D eigenvalue weighted by Crippen LogP contribution is 2.48. The number of hydrogen-bond acceptors (Lipinski definition) is 3. The Bertz CT molecular complexity index is 501. The molecule has 100 valence electrons. The Balaban J connectivity index is 1.89.